The van der Waals surface area contributed by atoms with Gasteiger partial charge in [0.1, 0.15) is 23.0 Å². The summed E-state index contributed by atoms with van der Waals surface area (Å²) in [6, 6.07) is 24.6. The van der Waals surface area contributed by atoms with Gasteiger partial charge in [-0.2, -0.15) is 0 Å². The Kier molecular flexibility index (Phi) is 3.13. The van der Waals surface area contributed by atoms with Crippen molar-refractivity contribution in [2.75, 3.05) is 0 Å². The number of aromatic nitrogens is 1. The molecule has 6 aromatic carbocycles. The first-order valence-corrected chi connectivity index (χ1v) is 13.0. The fraction of sp³-hybridized carbons (Fsp3) is 0. The third-order valence-corrected chi connectivity index (χ3v) is 7.77. The van der Waals surface area contributed by atoms with Crippen molar-refractivity contribution in [1.29, 1.82) is 0 Å². The minimum atomic E-state index is -0.995. The first-order valence-electron chi connectivity index (χ1n) is 17.0. The molecule has 2 aliphatic heterocycles. The van der Waals surface area contributed by atoms with E-state index < -0.39 is 30.9 Å². The van der Waals surface area contributed by atoms with Crippen LogP contribution in [0.25, 0.3) is 38.6 Å². The van der Waals surface area contributed by atoms with E-state index in [-0.39, 0.29) is 58.1 Å². The molecule has 2 aliphatic rings. The first kappa shape index (κ1) is 15.4. The van der Waals surface area contributed by atoms with Crippen molar-refractivity contribution in [2.45, 2.75) is 0 Å². The second-order valence-electron chi connectivity index (χ2n) is 9.90. The van der Waals surface area contributed by atoms with E-state index in [1.165, 1.54) is 0 Å². The van der Waals surface area contributed by atoms with Gasteiger partial charge >= 0.3 is 0 Å². The van der Waals surface area contributed by atoms with Crippen LogP contribution >= 0.6 is 0 Å². The predicted molar refractivity (Wildman–Crippen MR) is 164 cm³/mol. The lowest BCUT2D eigenvalue weighted by atomic mass is 9.35. The summed E-state index contributed by atoms with van der Waals surface area (Å²) in [6.07, 6.45) is 0. The Balaban J connectivity index is 1.38. The van der Waals surface area contributed by atoms with Crippen LogP contribution in [0.3, 0.4) is 0 Å². The second kappa shape index (κ2) is 8.14. The maximum absolute atomic E-state index is 8.86. The Bertz CT molecular complexity index is 2470. The average molecular weight is 519 g/mol. The van der Waals surface area contributed by atoms with Gasteiger partial charge in [0.25, 0.3) is 6.71 Å². The molecule has 0 amide bonds. The van der Waals surface area contributed by atoms with Gasteiger partial charge in [-0.05, 0) is 58.9 Å². The zero-order valence-electron chi connectivity index (χ0n) is 28.9. The summed E-state index contributed by atoms with van der Waals surface area (Å²) in [7, 11) is 0. The van der Waals surface area contributed by atoms with E-state index >= 15 is 0 Å². The van der Waals surface area contributed by atoms with Crippen molar-refractivity contribution in [1.82, 2.24) is 4.57 Å². The molecular weight excluding hydrogens is 489 g/mol. The van der Waals surface area contributed by atoms with Crippen molar-refractivity contribution in [2.24, 2.45) is 0 Å². The van der Waals surface area contributed by atoms with Crippen LogP contribution in [0.1, 0.15) is 11.0 Å². The van der Waals surface area contributed by atoms with Gasteiger partial charge in [0.05, 0.1) is 22.0 Å². The Morgan fingerprint density at radius 3 is 1.95 bits per heavy atom. The second-order valence-corrected chi connectivity index (χ2v) is 9.90. The predicted octanol–water partition coefficient (Wildman–Crippen LogP) is 7.18. The number of ether oxygens (including phenoxy) is 2. The highest BCUT2D eigenvalue weighted by atomic mass is 16.5. The number of benzene rings is 6. The van der Waals surface area contributed by atoms with Gasteiger partial charge in [0, 0.05) is 27.5 Å². The number of para-hydroxylation sites is 5. The number of hydrogen-bond donors (Lipinski definition) is 0. The van der Waals surface area contributed by atoms with E-state index in [0.717, 1.165) is 33.1 Å². The van der Waals surface area contributed by atoms with E-state index in [1.54, 1.807) is 0 Å². The van der Waals surface area contributed by atoms with Gasteiger partial charge in [0.15, 0.2) is 0 Å². The smallest absolute Gasteiger partial charge is 0.260 e. The van der Waals surface area contributed by atoms with E-state index in [1.807, 2.05) is 66.7 Å². The van der Waals surface area contributed by atoms with Crippen molar-refractivity contribution < 1.29 is 20.4 Å². The highest BCUT2D eigenvalue weighted by molar-refractivity contribution is 6.98. The van der Waals surface area contributed by atoms with Crippen LogP contribution in [0.2, 0.25) is 0 Å². The molecule has 3 heterocycles. The third kappa shape index (κ3) is 2.96. The van der Waals surface area contributed by atoms with Crippen LogP contribution in [-0.2, 0) is 0 Å². The standard InChI is InChI=1S/C36H22BNO2/c1-2-11-24(12-3-1)38-30-18-7-4-13-26(30)27-15-10-14-25(36(27)38)23-21-33-35-34(22-23)40-32-20-9-6-17-29(32)37(35)28-16-5-8-19-31(28)39-33/h1-22H/i5D,6D,8D,9D,16D,17D,19D,20D. The highest BCUT2D eigenvalue weighted by Crippen LogP contribution is 2.42. The molecule has 4 heteroatoms. The molecule has 0 saturated carbocycles. The van der Waals surface area contributed by atoms with Crippen LogP contribution < -0.4 is 25.9 Å². The van der Waals surface area contributed by atoms with E-state index in [4.69, 9.17) is 20.4 Å². The molecule has 1 aromatic heterocycles. The molecule has 0 unspecified atom stereocenters. The molecule has 0 saturated heterocycles. The molecule has 9 rings (SSSR count). The third-order valence-electron chi connectivity index (χ3n) is 7.77. The molecule has 0 aliphatic carbocycles. The summed E-state index contributed by atoms with van der Waals surface area (Å²) in [5.41, 5.74) is 5.10. The van der Waals surface area contributed by atoms with Crippen LogP contribution in [0.5, 0.6) is 23.0 Å². The van der Waals surface area contributed by atoms with Gasteiger partial charge in [-0.25, -0.2) is 0 Å². The Hall–Kier alpha value is -5.22. The summed E-state index contributed by atoms with van der Waals surface area (Å²) in [5, 5.41) is 2.09. The number of hydrogen-bond acceptors (Lipinski definition) is 2. The largest absolute Gasteiger partial charge is 0.458 e. The van der Waals surface area contributed by atoms with Gasteiger partial charge in [-0.3, -0.25) is 0 Å². The topological polar surface area (TPSA) is 23.4 Å². The SMILES string of the molecule is [2H]c1c([2H])c([2H])c2c(c1[2H])Oc1cc(-c3cccc4c5ccccc5n(-c5ccccc5)c34)cc3c1B2c1c([2H])c([2H])c([2H])c([2H])c1O3. The molecule has 186 valence electrons. The van der Waals surface area contributed by atoms with Gasteiger partial charge in [0.2, 0.25) is 0 Å². The maximum Gasteiger partial charge on any atom is 0.260 e. The summed E-state index contributed by atoms with van der Waals surface area (Å²) < 4.78 is 83.8. The first-order chi connectivity index (χ1) is 23.2. The molecule has 3 nitrogen and oxygen atoms in total. The zero-order chi connectivity index (χ0) is 33.2. The summed E-state index contributed by atoms with van der Waals surface area (Å²) in [6.45, 7) is -0.995. The van der Waals surface area contributed by atoms with Crippen LogP contribution in [0.4, 0.5) is 0 Å². The van der Waals surface area contributed by atoms with Crippen LogP contribution in [0.15, 0.2) is 133 Å². The van der Waals surface area contributed by atoms with Crippen LogP contribution in [0, 0.1) is 0 Å². The molecule has 40 heavy (non-hydrogen) atoms. The monoisotopic (exact) mass is 519 g/mol. The van der Waals surface area contributed by atoms with Gasteiger partial charge in [-0.1, -0.05) is 90.9 Å². The Morgan fingerprint density at radius 2 is 1.23 bits per heavy atom. The quantitative estimate of drug-likeness (QED) is 0.226. The average Bonchev–Trinajstić information content (AvgIpc) is 3.45. The fourth-order valence-electron chi connectivity index (χ4n) is 6.15. The maximum atomic E-state index is 8.86. The van der Waals surface area contributed by atoms with Crippen molar-refractivity contribution in [3.8, 4) is 39.8 Å². The molecule has 0 atom stereocenters. The number of fused-ring (bicyclic) bond motifs is 7. The molecule has 0 bridgehead atoms. The number of rotatable bonds is 2. The lowest BCUT2D eigenvalue weighted by Crippen LogP contribution is -2.57. The molecule has 7 aromatic rings. The molecule has 0 spiro atoms. The normalized spacial score (nSPS) is 15.7. The summed E-state index contributed by atoms with van der Waals surface area (Å²) in [5.74, 6) is 0.391. The Morgan fingerprint density at radius 1 is 0.600 bits per heavy atom. The summed E-state index contributed by atoms with van der Waals surface area (Å²) >= 11 is 0. The Labute approximate surface area is 243 Å². The zero-order valence-corrected chi connectivity index (χ0v) is 20.9. The van der Waals surface area contributed by atoms with E-state index in [9.17, 15) is 0 Å². The minimum Gasteiger partial charge on any atom is -0.458 e. The van der Waals surface area contributed by atoms with Gasteiger partial charge in [-0.15, -0.1) is 0 Å². The fourth-order valence-corrected chi connectivity index (χ4v) is 6.15. The highest BCUT2D eigenvalue weighted by Gasteiger charge is 2.40. The van der Waals surface area contributed by atoms with Crippen molar-refractivity contribution in [3.05, 3.63) is 133 Å². The molecule has 0 radical (unpaired) electrons. The molecular formula is C36H22BNO2. The minimum absolute atomic E-state index is 0.0848. The molecule has 0 N–H and O–H groups in total. The van der Waals surface area contributed by atoms with Crippen molar-refractivity contribution in [3.63, 3.8) is 0 Å². The molecule has 0 fully saturated rings. The van der Waals surface area contributed by atoms with Crippen molar-refractivity contribution >= 4 is 44.9 Å². The van der Waals surface area contributed by atoms with E-state index in [0.29, 0.717) is 11.0 Å². The lowest BCUT2D eigenvalue weighted by Gasteiger charge is -2.33. The van der Waals surface area contributed by atoms with E-state index in [2.05, 4.69) is 22.8 Å². The lowest BCUT2D eigenvalue weighted by molar-refractivity contribution is 0.465. The number of nitrogens with zero attached hydrogens (tertiary/aromatic N) is 1. The van der Waals surface area contributed by atoms with Gasteiger partial charge < -0.3 is 14.0 Å². The summed E-state index contributed by atoms with van der Waals surface area (Å²) in [4.78, 5) is 0. The van der Waals surface area contributed by atoms with Crippen LogP contribution in [-0.4, -0.2) is 11.3 Å².